The highest BCUT2D eigenvalue weighted by Crippen LogP contribution is 2.31. The van der Waals surface area contributed by atoms with E-state index >= 15 is 0 Å². The molecule has 3 rings (SSSR count). The summed E-state index contributed by atoms with van der Waals surface area (Å²) in [7, 11) is -1.02. The summed E-state index contributed by atoms with van der Waals surface area (Å²) < 4.78 is 12.6. The maximum Gasteiger partial charge on any atom is 0.136 e. The molecule has 0 aromatic heterocycles. The topological polar surface area (TPSA) is 34.1 Å². The van der Waals surface area contributed by atoms with Crippen molar-refractivity contribution in [3.63, 3.8) is 0 Å². The Morgan fingerprint density at radius 2 is 1.94 bits per heavy atom. The van der Waals surface area contributed by atoms with Gasteiger partial charge in [-0.05, 0) is 48.9 Å². The number of carbonyl (C=O) groups excluding carboxylic acids is 1. The summed E-state index contributed by atoms with van der Waals surface area (Å²) in [4.78, 5) is 12.5. The molecule has 0 amide bonds. The van der Waals surface area contributed by atoms with Crippen molar-refractivity contribution >= 4 is 16.6 Å². The van der Waals surface area contributed by atoms with Gasteiger partial charge in [-0.1, -0.05) is 13.0 Å². The molecule has 0 aliphatic heterocycles. The Bertz CT molecular complexity index is 521. The lowest BCUT2D eigenvalue weighted by atomic mass is 10.1. The molecule has 1 aromatic carbocycles. The first kappa shape index (κ1) is 12.1. The van der Waals surface area contributed by atoms with Gasteiger partial charge in [-0.15, -0.1) is 0 Å². The monoisotopic (exact) mass is 262 g/mol. The van der Waals surface area contributed by atoms with Gasteiger partial charge in [0.05, 0.1) is 10.8 Å². The second kappa shape index (κ2) is 4.61. The van der Waals surface area contributed by atoms with Gasteiger partial charge in [-0.25, -0.2) is 0 Å². The van der Waals surface area contributed by atoms with Gasteiger partial charge >= 0.3 is 0 Å². The van der Waals surface area contributed by atoms with Gasteiger partial charge in [0.1, 0.15) is 5.78 Å². The summed E-state index contributed by atoms with van der Waals surface area (Å²) in [5, 5.41) is 0.0250. The van der Waals surface area contributed by atoms with Crippen molar-refractivity contribution < 1.29 is 9.00 Å². The highest BCUT2D eigenvalue weighted by Gasteiger charge is 2.35. The third-order valence-corrected chi connectivity index (χ3v) is 6.23. The van der Waals surface area contributed by atoms with Crippen LogP contribution in [0.5, 0.6) is 0 Å². The molecule has 0 radical (unpaired) electrons. The molecule has 3 heteroatoms. The molecule has 2 aliphatic carbocycles. The number of hydrogen-bond acceptors (Lipinski definition) is 2. The van der Waals surface area contributed by atoms with Crippen LogP contribution in [0.2, 0.25) is 0 Å². The second-order valence-electron chi connectivity index (χ2n) is 5.41. The molecule has 3 unspecified atom stereocenters. The Labute approximate surface area is 110 Å². The van der Waals surface area contributed by atoms with E-state index in [1.165, 1.54) is 17.5 Å². The van der Waals surface area contributed by atoms with Crippen LogP contribution in [0.25, 0.3) is 0 Å². The molecular weight excluding hydrogens is 244 g/mol. The number of Topliss-reactive ketones (excluding diaryl/α,β-unsaturated/α-hetero) is 1. The summed E-state index contributed by atoms with van der Waals surface area (Å²) in [6, 6.07) is 6.22. The summed E-state index contributed by atoms with van der Waals surface area (Å²) in [5.74, 6) is 0.230. The van der Waals surface area contributed by atoms with Gasteiger partial charge in [-0.3, -0.25) is 9.00 Å². The molecule has 0 saturated heterocycles. The minimum absolute atomic E-state index is 0.0250. The van der Waals surface area contributed by atoms with Gasteiger partial charge in [-0.2, -0.15) is 0 Å². The van der Waals surface area contributed by atoms with Crippen molar-refractivity contribution in [1.82, 2.24) is 0 Å². The summed E-state index contributed by atoms with van der Waals surface area (Å²) in [6.45, 7) is 1.92. The fraction of sp³-hybridized carbons (Fsp3) is 0.533. The van der Waals surface area contributed by atoms with E-state index in [1.807, 2.05) is 13.0 Å². The first-order valence-electron chi connectivity index (χ1n) is 6.72. The predicted molar refractivity (Wildman–Crippen MR) is 72.1 cm³/mol. The number of rotatable bonds is 2. The maximum atomic E-state index is 12.6. The molecule has 0 heterocycles. The van der Waals surface area contributed by atoms with E-state index in [0.717, 1.165) is 24.2 Å². The number of carbonyl (C=O) groups is 1. The van der Waals surface area contributed by atoms with Crippen LogP contribution < -0.4 is 0 Å². The second-order valence-corrected chi connectivity index (χ2v) is 7.09. The van der Waals surface area contributed by atoms with Crippen LogP contribution in [-0.4, -0.2) is 15.2 Å². The average molecular weight is 262 g/mol. The Morgan fingerprint density at radius 3 is 2.67 bits per heavy atom. The van der Waals surface area contributed by atoms with Crippen molar-refractivity contribution in [3.05, 3.63) is 29.3 Å². The molecule has 3 atom stereocenters. The molecule has 2 nitrogen and oxygen atoms in total. The van der Waals surface area contributed by atoms with Crippen LogP contribution in [0.15, 0.2) is 23.1 Å². The van der Waals surface area contributed by atoms with E-state index in [0.29, 0.717) is 6.42 Å². The fourth-order valence-electron chi connectivity index (χ4n) is 3.11. The Balaban J connectivity index is 1.87. The van der Waals surface area contributed by atoms with Crippen LogP contribution in [0.1, 0.15) is 37.3 Å². The van der Waals surface area contributed by atoms with Gasteiger partial charge < -0.3 is 0 Å². The van der Waals surface area contributed by atoms with Crippen LogP contribution in [0, 0.1) is 5.92 Å². The molecule has 2 aliphatic rings. The van der Waals surface area contributed by atoms with E-state index in [1.54, 1.807) is 0 Å². The van der Waals surface area contributed by atoms with Gasteiger partial charge in [0.2, 0.25) is 0 Å². The molecular formula is C15H18O2S. The molecule has 0 bridgehead atoms. The zero-order chi connectivity index (χ0) is 12.7. The minimum Gasteiger partial charge on any atom is -0.299 e. The molecule has 96 valence electrons. The van der Waals surface area contributed by atoms with E-state index in [-0.39, 0.29) is 17.0 Å². The molecule has 1 fully saturated rings. The van der Waals surface area contributed by atoms with Crippen LogP contribution in [0.4, 0.5) is 0 Å². The van der Waals surface area contributed by atoms with Crippen LogP contribution in [-0.2, 0) is 28.4 Å². The number of benzene rings is 1. The number of hydrogen-bond donors (Lipinski definition) is 0. The van der Waals surface area contributed by atoms with E-state index < -0.39 is 10.8 Å². The Morgan fingerprint density at radius 1 is 1.17 bits per heavy atom. The Kier molecular flexibility index (Phi) is 3.10. The molecule has 0 spiro atoms. The third-order valence-electron chi connectivity index (χ3n) is 4.32. The summed E-state index contributed by atoms with van der Waals surface area (Å²) in [5.41, 5.74) is 2.77. The predicted octanol–water partition coefficient (Wildman–Crippen LogP) is 2.65. The normalized spacial score (nSPS) is 28.4. The van der Waals surface area contributed by atoms with Crippen LogP contribution >= 0.6 is 0 Å². The van der Waals surface area contributed by atoms with E-state index in [4.69, 9.17) is 0 Å². The quantitative estimate of drug-likeness (QED) is 0.821. The maximum absolute atomic E-state index is 12.6. The zero-order valence-corrected chi connectivity index (χ0v) is 11.5. The molecule has 1 saturated carbocycles. The lowest BCUT2D eigenvalue weighted by molar-refractivity contribution is -0.120. The SMILES string of the molecule is CC1C(=O)CCC1S(=O)c1ccc2c(c1)CCC2. The Hall–Kier alpha value is -0.960. The van der Waals surface area contributed by atoms with Gasteiger partial charge in [0.15, 0.2) is 0 Å². The number of ketones is 1. The third kappa shape index (κ3) is 1.95. The number of fused-ring (bicyclic) bond motifs is 1. The molecule has 1 aromatic rings. The van der Waals surface area contributed by atoms with E-state index in [2.05, 4.69) is 12.1 Å². The largest absolute Gasteiger partial charge is 0.299 e. The lowest BCUT2D eigenvalue weighted by Crippen LogP contribution is -2.21. The minimum atomic E-state index is -1.02. The number of aryl methyl sites for hydroxylation is 2. The standard InChI is InChI=1S/C15H18O2S/c1-10-14(16)7-8-15(10)18(17)13-6-5-11-3-2-4-12(11)9-13/h5-6,9-10,15H,2-4,7-8H2,1H3. The zero-order valence-electron chi connectivity index (χ0n) is 10.6. The smallest absolute Gasteiger partial charge is 0.136 e. The average Bonchev–Trinajstić information content (AvgIpc) is 2.96. The van der Waals surface area contributed by atoms with E-state index in [9.17, 15) is 9.00 Å². The highest BCUT2D eigenvalue weighted by molar-refractivity contribution is 7.85. The van der Waals surface area contributed by atoms with Crippen molar-refractivity contribution in [1.29, 1.82) is 0 Å². The lowest BCUT2D eigenvalue weighted by Gasteiger charge is -2.14. The van der Waals surface area contributed by atoms with Gasteiger partial charge in [0.25, 0.3) is 0 Å². The summed E-state index contributed by atoms with van der Waals surface area (Å²) in [6.07, 6.45) is 4.86. The molecule has 0 N–H and O–H groups in total. The van der Waals surface area contributed by atoms with Crippen molar-refractivity contribution in [2.45, 2.75) is 49.2 Å². The summed E-state index contributed by atoms with van der Waals surface area (Å²) >= 11 is 0. The first-order valence-corrected chi connectivity index (χ1v) is 7.93. The van der Waals surface area contributed by atoms with Crippen molar-refractivity contribution in [3.8, 4) is 0 Å². The first-order chi connectivity index (χ1) is 8.66. The van der Waals surface area contributed by atoms with Crippen molar-refractivity contribution in [2.24, 2.45) is 5.92 Å². The fourth-order valence-corrected chi connectivity index (χ4v) is 4.77. The van der Waals surface area contributed by atoms with Crippen molar-refractivity contribution in [2.75, 3.05) is 0 Å². The van der Waals surface area contributed by atoms with Crippen LogP contribution in [0.3, 0.4) is 0 Å². The molecule has 18 heavy (non-hydrogen) atoms. The van der Waals surface area contributed by atoms with Gasteiger partial charge in [0, 0.05) is 22.5 Å². The highest BCUT2D eigenvalue weighted by atomic mass is 32.2.